The van der Waals surface area contributed by atoms with Gasteiger partial charge in [0.15, 0.2) is 0 Å². The normalized spacial score (nSPS) is 30.5. The number of methoxy groups -OCH3 is 1. The van der Waals surface area contributed by atoms with Crippen molar-refractivity contribution in [2.75, 3.05) is 20.2 Å². The van der Waals surface area contributed by atoms with Crippen LogP contribution in [0.3, 0.4) is 0 Å². The molecule has 0 aromatic heterocycles. The Morgan fingerprint density at radius 1 is 1.46 bits per heavy atom. The van der Waals surface area contributed by atoms with E-state index in [0.717, 1.165) is 19.5 Å². The largest absolute Gasteiger partial charge is 0.379 e. The first kappa shape index (κ1) is 11.0. The highest BCUT2D eigenvalue weighted by Crippen LogP contribution is 2.19. The summed E-state index contributed by atoms with van der Waals surface area (Å²) in [5.41, 5.74) is -0.0800. The van der Waals surface area contributed by atoms with Gasteiger partial charge in [0.1, 0.15) is 0 Å². The van der Waals surface area contributed by atoms with Crippen molar-refractivity contribution in [2.45, 2.75) is 45.0 Å². The predicted octanol–water partition coefficient (Wildman–Crippen LogP) is 1.18. The number of hydrogen-bond acceptors (Lipinski definition) is 3. The fourth-order valence-electron chi connectivity index (χ4n) is 1.62. The summed E-state index contributed by atoms with van der Waals surface area (Å²) < 4.78 is 11.1. The lowest BCUT2D eigenvalue weighted by molar-refractivity contribution is -0.0792. The van der Waals surface area contributed by atoms with Gasteiger partial charge in [-0.2, -0.15) is 0 Å². The van der Waals surface area contributed by atoms with Crippen LogP contribution in [0.25, 0.3) is 0 Å². The van der Waals surface area contributed by atoms with E-state index >= 15 is 0 Å². The van der Waals surface area contributed by atoms with Crippen LogP contribution in [0.1, 0.15) is 27.2 Å². The Bertz CT molecular complexity index is 159. The minimum atomic E-state index is -0.0800. The van der Waals surface area contributed by atoms with E-state index in [2.05, 4.69) is 26.1 Å². The first-order valence-electron chi connectivity index (χ1n) is 4.95. The second kappa shape index (κ2) is 4.40. The fourth-order valence-corrected chi connectivity index (χ4v) is 1.62. The number of ether oxygens (including phenoxy) is 2. The van der Waals surface area contributed by atoms with Gasteiger partial charge in [-0.25, -0.2) is 0 Å². The maximum Gasteiger partial charge on any atom is 0.0731 e. The summed E-state index contributed by atoms with van der Waals surface area (Å²) >= 11 is 0. The number of morpholine rings is 1. The molecule has 0 aromatic rings. The van der Waals surface area contributed by atoms with Crippen molar-refractivity contribution in [3.05, 3.63) is 0 Å². The standard InChI is InChI=1S/C10H21NO2/c1-8-6-11-7-9(13-8)5-10(2,3)12-4/h8-9,11H,5-7H2,1-4H3. The van der Waals surface area contributed by atoms with Crippen LogP contribution in [-0.2, 0) is 9.47 Å². The van der Waals surface area contributed by atoms with Crippen molar-refractivity contribution in [1.82, 2.24) is 5.32 Å². The first-order chi connectivity index (χ1) is 6.03. The maximum absolute atomic E-state index is 5.78. The molecule has 0 bridgehead atoms. The zero-order valence-corrected chi connectivity index (χ0v) is 9.09. The highest BCUT2D eigenvalue weighted by molar-refractivity contribution is 4.79. The Morgan fingerprint density at radius 3 is 2.69 bits per heavy atom. The third kappa shape index (κ3) is 3.63. The third-order valence-electron chi connectivity index (χ3n) is 2.50. The summed E-state index contributed by atoms with van der Waals surface area (Å²) in [5, 5.41) is 3.35. The van der Waals surface area contributed by atoms with Crippen LogP contribution in [0.15, 0.2) is 0 Å². The van der Waals surface area contributed by atoms with Gasteiger partial charge >= 0.3 is 0 Å². The molecule has 1 fully saturated rings. The van der Waals surface area contributed by atoms with Gasteiger partial charge in [-0.15, -0.1) is 0 Å². The van der Waals surface area contributed by atoms with Crippen LogP contribution in [-0.4, -0.2) is 38.0 Å². The molecule has 3 nitrogen and oxygen atoms in total. The van der Waals surface area contributed by atoms with Crippen LogP contribution < -0.4 is 5.32 Å². The van der Waals surface area contributed by atoms with Crippen LogP contribution >= 0.6 is 0 Å². The first-order valence-corrected chi connectivity index (χ1v) is 4.95. The molecular weight excluding hydrogens is 166 g/mol. The Hall–Kier alpha value is -0.120. The smallest absolute Gasteiger partial charge is 0.0731 e. The van der Waals surface area contributed by atoms with E-state index in [4.69, 9.17) is 9.47 Å². The Morgan fingerprint density at radius 2 is 2.15 bits per heavy atom. The molecule has 3 heteroatoms. The lowest BCUT2D eigenvalue weighted by atomic mass is 9.99. The quantitative estimate of drug-likeness (QED) is 0.719. The van der Waals surface area contributed by atoms with Crippen LogP contribution in [0.5, 0.6) is 0 Å². The van der Waals surface area contributed by atoms with Gasteiger partial charge in [-0.05, 0) is 20.8 Å². The molecule has 0 amide bonds. The monoisotopic (exact) mass is 187 g/mol. The summed E-state index contributed by atoms with van der Waals surface area (Å²) in [7, 11) is 1.75. The third-order valence-corrected chi connectivity index (χ3v) is 2.50. The molecule has 0 aromatic carbocycles. The molecule has 2 unspecified atom stereocenters. The maximum atomic E-state index is 5.78. The molecule has 1 heterocycles. The molecule has 13 heavy (non-hydrogen) atoms. The van der Waals surface area contributed by atoms with Gasteiger partial charge in [0.25, 0.3) is 0 Å². The topological polar surface area (TPSA) is 30.5 Å². The molecule has 0 radical (unpaired) electrons. The highest BCUT2D eigenvalue weighted by Gasteiger charge is 2.26. The van der Waals surface area contributed by atoms with Gasteiger partial charge in [-0.3, -0.25) is 0 Å². The average Bonchev–Trinajstić information content (AvgIpc) is 2.03. The van der Waals surface area contributed by atoms with Crippen LogP contribution in [0.4, 0.5) is 0 Å². The molecule has 1 N–H and O–H groups in total. The van der Waals surface area contributed by atoms with E-state index in [-0.39, 0.29) is 5.60 Å². The van der Waals surface area contributed by atoms with Crippen molar-refractivity contribution in [1.29, 1.82) is 0 Å². The van der Waals surface area contributed by atoms with Crippen molar-refractivity contribution >= 4 is 0 Å². The van der Waals surface area contributed by atoms with E-state index in [1.54, 1.807) is 7.11 Å². The molecule has 1 saturated heterocycles. The van der Waals surface area contributed by atoms with Crippen molar-refractivity contribution < 1.29 is 9.47 Å². The zero-order valence-electron chi connectivity index (χ0n) is 9.09. The highest BCUT2D eigenvalue weighted by atomic mass is 16.5. The number of hydrogen-bond donors (Lipinski definition) is 1. The molecule has 78 valence electrons. The Kier molecular flexibility index (Phi) is 3.71. The SMILES string of the molecule is COC(C)(C)CC1CNCC(C)O1. The lowest BCUT2D eigenvalue weighted by Crippen LogP contribution is -2.46. The summed E-state index contributed by atoms with van der Waals surface area (Å²) in [6, 6.07) is 0. The van der Waals surface area contributed by atoms with Gasteiger partial charge in [-0.1, -0.05) is 0 Å². The lowest BCUT2D eigenvalue weighted by Gasteiger charge is -2.34. The predicted molar refractivity (Wildman–Crippen MR) is 52.9 cm³/mol. The molecule has 2 atom stereocenters. The summed E-state index contributed by atoms with van der Waals surface area (Å²) in [6.07, 6.45) is 1.56. The van der Waals surface area contributed by atoms with Crippen molar-refractivity contribution in [3.8, 4) is 0 Å². The molecule has 0 aliphatic carbocycles. The molecule has 1 aliphatic heterocycles. The van der Waals surface area contributed by atoms with Crippen molar-refractivity contribution in [3.63, 3.8) is 0 Å². The molecule has 1 rings (SSSR count). The van der Waals surface area contributed by atoms with Gasteiger partial charge in [0.2, 0.25) is 0 Å². The van der Waals surface area contributed by atoms with E-state index in [0.29, 0.717) is 12.2 Å². The molecule has 1 aliphatic rings. The second-order valence-electron chi connectivity index (χ2n) is 4.39. The minimum Gasteiger partial charge on any atom is -0.379 e. The Balaban J connectivity index is 2.35. The Labute approximate surface area is 80.8 Å². The van der Waals surface area contributed by atoms with Crippen LogP contribution in [0, 0.1) is 0 Å². The summed E-state index contributed by atoms with van der Waals surface area (Å²) in [5.74, 6) is 0. The van der Waals surface area contributed by atoms with Crippen molar-refractivity contribution in [2.24, 2.45) is 0 Å². The zero-order chi connectivity index (χ0) is 9.90. The number of nitrogens with one attached hydrogen (secondary N) is 1. The average molecular weight is 187 g/mol. The second-order valence-corrected chi connectivity index (χ2v) is 4.39. The van der Waals surface area contributed by atoms with Gasteiger partial charge in [0, 0.05) is 26.6 Å². The fraction of sp³-hybridized carbons (Fsp3) is 1.00. The van der Waals surface area contributed by atoms with E-state index in [1.165, 1.54) is 0 Å². The van der Waals surface area contributed by atoms with Gasteiger partial charge < -0.3 is 14.8 Å². The summed E-state index contributed by atoms with van der Waals surface area (Å²) in [4.78, 5) is 0. The van der Waals surface area contributed by atoms with Crippen LogP contribution in [0.2, 0.25) is 0 Å². The van der Waals surface area contributed by atoms with E-state index in [9.17, 15) is 0 Å². The number of rotatable bonds is 3. The van der Waals surface area contributed by atoms with E-state index < -0.39 is 0 Å². The van der Waals surface area contributed by atoms with E-state index in [1.807, 2.05) is 0 Å². The molecule has 0 saturated carbocycles. The van der Waals surface area contributed by atoms with Gasteiger partial charge in [0.05, 0.1) is 17.8 Å². The minimum absolute atomic E-state index is 0.0800. The molecular formula is C10H21NO2. The summed E-state index contributed by atoms with van der Waals surface area (Å²) in [6.45, 7) is 8.19. The molecule has 0 spiro atoms.